The Morgan fingerprint density at radius 2 is 1.22 bits per heavy atom. The van der Waals surface area contributed by atoms with Crippen LogP contribution in [-0.2, 0) is 9.47 Å². The normalized spacial score (nSPS) is 37.4. The molecule has 2 nitrogen and oxygen atoms in total. The molecule has 0 atom stereocenters. The third kappa shape index (κ3) is 2.97. The van der Waals surface area contributed by atoms with Crippen molar-refractivity contribution in [3.05, 3.63) is 0 Å². The maximum Gasteiger partial charge on any atom is 0.426 e. The molecular formula is C15H20F6O2. The molecule has 134 valence electrons. The Hall–Kier alpha value is -0.500. The van der Waals surface area contributed by atoms with Crippen LogP contribution >= 0.6 is 0 Å². The summed E-state index contributed by atoms with van der Waals surface area (Å²) < 4.78 is 86.4. The van der Waals surface area contributed by atoms with E-state index in [0.717, 1.165) is 38.5 Å². The Morgan fingerprint density at radius 1 is 0.826 bits per heavy atom. The second-order valence-corrected chi connectivity index (χ2v) is 7.54. The lowest BCUT2D eigenvalue weighted by atomic mass is 9.54. The zero-order chi connectivity index (χ0) is 17.1. The van der Waals surface area contributed by atoms with E-state index in [0.29, 0.717) is 17.8 Å². The maximum atomic E-state index is 12.8. The highest BCUT2D eigenvalue weighted by Crippen LogP contribution is 2.57. The predicted octanol–water partition coefficient (Wildman–Crippen LogP) is 4.83. The topological polar surface area (TPSA) is 18.5 Å². The molecule has 0 amide bonds. The van der Waals surface area contributed by atoms with Crippen LogP contribution in [0, 0.1) is 17.8 Å². The van der Waals surface area contributed by atoms with Crippen molar-refractivity contribution in [1.82, 2.24) is 0 Å². The summed E-state index contributed by atoms with van der Waals surface area (Å²) in [6, 6.07) is 0. The van der Waals surface area contributed by atoms with Gasteiger partial charge in [-0.05, 0) is 63.2 Å². The van der Waals surface area contributed by atoms with Crippen LogP contribution in [0.3, 0.4) is 0 Å². The first-order valence-electron chi connectivity index (χ1n) is 7.85. The van der Waals surface area contributed by atoms with Gasteiger partial charge in [0.2, 0.25) is 0 Å². The molecule has 0 unspecified atom stereocenters. The molecule has 4 aliphatic rings. The molecule has 23 heavy (non-hydrogen) atoms. The van der Waals surface area contributed by atoms with Crippen LogP contribution in [0.5, 0.6) is 0 Å². The van der Waals surface area contributed by atoms with Crippen LogP contribution in [0.1, 0.15) is 45.4 Å². The van der Waals surface area contributed by atoms with Crippen LogP contribution < -0.4 is 0 Å². The fourth-order valence-electron chi connectivity index (χ4n) is 4.80. The molecule has 0 radical (unpaired) electrons. The van der Waals surface area contributed by atoms with E-state index in [9.17, 15) is 26.3 Å². The Labute approximate surface area is 130 Å². The van der Waals surface area contributed by atoms with E-state index in [1.54, 1.807) is 0 Å². The maximum absolute atomic E-state index is 12.8. The molecule has 4 saturated carbocycles. The van der Waals surface area contributed by atoms with Gasteiger partial charge in [0.05, 0.1) is 5.60 Å². The summed E-state index contributed by atoms with van der Waals surface area (Å²) >= 11 is 0. The van der Waals surface area contributed by atoms with Crippen molar-refractivity contribution in [2.45, 2.75) is 69.0 Å². The Kier molecular flexibility index (Phi) is 3.95. The van der Waals surface area contributed by atoms with Gasteiger partial charge in [-0.1, -0.05) is 0 Å². The quantitative estimate of drug-likeness (QED) is 0.536. The SMILES string of the molecule is CC(OCOC12CC3CC(CC(C3)C1)C2)(C(F)(F)F)C(F)(F)F. The average Bonchev–Trinajstić information content (AvgIpc) is 2.33. The molecule has 0 aromatic rings. The van der Waals surface area contributed by atoms with Crippen molar-refractivity contribution in [1.29, 1.82) is 0 Å². The van der Waals surface area contributed by atoms with E-state index in [2.05, 4.69) is 4.74 Å². The number of alkyl halides is 6. The van der Waals surface area contributed by atoms with E-state index < -0.39 is 30.3 Å². The van der Waals surface area contributed by atoms with Crippen molar-refractivity contribution < 1.29 is 35.8 Å². The summed E-state index contributed by atoms with van der Waals surface area (Å²) in [5.41, 5.74) is -4.80. The monoisotopic (exact) mass is 346 g/mol. The van der Waals surface area contributed by atoms with Crippen molar-refractivity contribution >= 4 is 0 Å². The molecule has 4 aliphatic carbocycles. The molecule has 0 spiro atoms. The molecular weight excluding hydrogens is 326 g/mol. The van der Waals surface area contributed by atoms with E-state index in [4.69, 9.17) is 4.74 Å². The average molecular weight is 346 g/mol. The van der Waals surface area contributed by atoms with Crippen LogP contribution in [0.15, 0.2) is 0 Å². The highest BCUT2D eigenvalue weighted by Gasteiger charge is 2.69. The molecule has 0 heterocycles. The summed E-state index contributed by atoms with van der Waals surface area (Å²) in [5, 5.41) is 0. The summed E-state index contributed by atoms with van der Waals surface area (Å²) in [7, 11) is 0. The molecule has 4 bridgehead atoms. The molecule has 8 heteroatoms. The number of hydrogen-bond donors (Lipinski definition) is 0. The van der Waals surface area contributed by atoms with Crippen LogP contribution in [0.4, 0.5) is 26.3 Å². The smallest absolute Gasteiger partial charge is 0.349 e. The molecule has 0 aliphatic heterocycles. The van der Waals surface area contributed by atoms with Gasteiger partial charge in [0, 0.05) is 0 Å². The second-order valence-electron chi connectivity index (χ2n) is 7.54. The number of halogens is 6. The Morgan fingerprint density at radius 3 is 1.57 bits per heavy atom. The predicted molar refractivity (Wildman–Crippen MR) is 68.5 cm³/mol. The van der Waals surface area contributed by atoms with Gasteiger partial charge in [-0.25, -0.2) is 0 Å². The van der Waals surface area contributed by atoms with E-state index in [1.165, 1.54) is 0 Å². The fourth-order valence-corrected chi connectivity index (χ4v) is 4.80. The van der Waals surface area contributed by atoms with Crippen molar-refractivity contribution in [3.63, 3.8) is 0 Å². The van der Waals surface area contributed by atoms with Gasteiger partial charge in [0.15, 0.2) is 0 Å². The lowest BCUT2D eigenvalue weighted by Gasteiger charge is -2.56. The van der Waals surface area contributed by atoms with Crippen molar-refractivity contribution in [2.24, 2.45) is 17.8 Å². The van der Waals surface area contributed by atoms with Crippen LogP contribution in [-0.4, -0.2) is 30.3 Å². The zero-order valence-corrected chi connectivity index (χ0v) is 12.8. The zero-order valence-electron chi connectivity index (χ0n) is 12.8. The van der Waals surface area contributed by atoms with Gasteiger partial charge in [0.25, 0.3) is 5.60 Å². The van der Waals surface area contributed by atoms with Gasteiger partial charge < -0.3 is 9.47 Å². The first-order valence-corrected chi connectivity index (χ1v) is 7.85. The first-order chi connectivity index (χ1) is 10.4. The van der Waals surface area contributed by atoms with Gasteiger partial charge in [-0.15, -0.1) is 0 Å². The fraction of sp³-hybridized carbons (Fsp3) is 1.00. The molecule has 4 fully saturated rings. The number of rotatable bonds is 4. The van der Waals surface area contributed by atoms with Crippen molar-refractivity contribution in [3.8, 4) is 0 Å². The number of ether oxygens (including phenoxy) is 2. The molecule has 0 N–H and O–H groups in total. The minimum Gasteiger partial charge on any atom is -0.349 e. The van der Waals surface area contributed by atoms with E-state index >= 15 is 0 Å². The standard InChI is InChI=1S/C15H20F6O2/c1-12(14(16,17)18,15(19,20)21)22-8-23-13-5-9-2-10(6-13)4-11(3-9)7-13/h9-11H,2-8H2,1H3. The summed E-state index contributed by atoms with van der Waals surface area (Å²) in [4.78, 5) is 0. The van der Waals surface area contributed by atoms with Gasteiger partial charge in [-0.2, -0.15) is 26.3 Å². The van der Waals surface area contributed by atoms with Crippen LogP contribution in [0.2, 0.25) is 0 Å². The minimum absolute atomic E-state index is 0.00996. The summed E-state index contributed by atoms with van der Waals surface area (Å²) in [6.07, 6.45) is -5.62. The highest BCUT2D eigenvalue weighted by molar-refractivity contribution is 5.03. The Bertz CT molecular complexity index is 407. The lowest BCUT2D eigenvalue weighted by Crippen LogP contribution is -2.58. The van der Waals surface area contributed by atoms with Crippen LogP contribution in [0.25, 0.3) is 0 Å². The summed E-state index contributed by atoms with van der Waals surface area (Å²) in [6.45, 7) is -0.974. The summed E-state index contributed by atoms with van der Waals surface area (Å²) in [5.74, 6) is 1.45. The molecule has 0 aromatic heterocycles. The van der Waals surface area contributed by atoms with Gasteiger partial charge in [0.1, 0.15) is 6.79 Å². The molecule has 0 aromatic carbocycles. The molecule has 4 rings (SSSR count). The third-order valence-corrected chi connectivity index (χ3v) is 5.78. The van der Waals surface area contributed by atoms with Gasteiger partial charge >= 0.3 is 12.4 Å². The van der Waals surface area contributed by atoms with Crippen molar-refractivity contribution in [2.75, 3.05) is 6.79 Å². The largest absolute Gasteiger partial charge is 0.426 e. The second kappa shape index (κ2) is 5.25. The Balaban J connectivity index is 1.64. The highest BCUT2D eigenvalue weighted by atomic mass is 19.4. The van der Waals surface area contributed by atoms with E-state index in [1.807, 2.05) is 0 Å². The lowest BCUT2D eigenvalue weighted by molar-refractivity contribution is -0.393. The van der Waals surface area contributed by atoms with E-state index in [-0.39, 0.29) is 6.92 Å². The third-order valence-electron chi connectivity index (χ3n) is 5.78. The van der Waals surface area contributed by atoms with Gasteiger partial charge in [-0.3, -0.25) is 0 Å². The minimum atomic E-state index is -5.55. The molecule has 0 saturated heterocycles. The first kappa shape index (κ1) is 17.3. The number of hydrogen-bond acceptors (Lipinski definition) is 2.